The van der Waals surface area contributed by atoms with E-state index in [-0.39, 0.29) is 5.91 Å². The van der Waals surface area contributed by atoms with Crippen molar-refractivity contribution in [1.82, 2.24) is 14.9 Å². The van der Waals surface area contributed by atoms with E-state index in [1.54, 1.807) is 35.4 Å². The molecule has 3 aromatic rings. The zero-order chi connectivity index (χ0) is 21.3. The maximum Gasteiger partial charge on any atom is 0.246 e. The number of hydrogen-bond acceptors (Lipinski definition) is 4. The van der Waals surface area contributed by atoms with Crippen LogP contribution in [0.2, 0.25) is 0 Å². The minimum atomic E-state index is -0.444. The molecule has 1 aliphatic heterocycles. The van der Waals surface area contributed by atoms with Crippen LogP contribution in [-0.2, 0) is 11.2 Å². The van der Waals surface area contributed by atoms with Crippen molar-refractivity contribution in [3.05, 3.63) is 82.2 Å². The Bertz CT molecular complexity index is 1140. The van der Waals surface area contributed by atoms with Gasteiger partial charge in [0.15, 0.2) is 0 Å². The number of nitrogens with one attached hydrogen (secondary N) is 2. The third kappa shape index (κ3) is 4.09. The molecule has 0 spiro atoms. The first kappa shape index (κ1) is 20.2. The summed E-state index contributed by atoms with van der Waals surface area (Å²) in [6.45, 7) is 1.84. The van der Waals surface area contributed by atoms with Gasteiger partial charge in [0, 0.05) is 28.1 Å². The third-order valence-corrected chi connectivity index (χ3v) is 5.83. The summed E-state index contributed by atoms with van der Waals surface area (Å²) in [7, 11) is 0. The molecule has 0 saturated heterocycles. The maximum atomic E-state index is 14.6. The molecule has 1 aliphatic rings. The van der Waals surface area contributed by atoms with Gasteiger partial charge in [-0.25, -0.2) is 9.37 Å². The zero-order valence-electron chi connectivity index (χ0n) is 16.3. The molecule has 6 nitrogen and oxygen atoms in total. The molecular weight excluding hydrogens is 449 g/mol. The van der Waals surface area contributed by atoms with Gasteiger partial charge in [0.05, 0.1) is 23.4 Å². The monoisotopic (exact) mass is 469 g/mol. The number of hydrogen-bond donors (Lipinski definition) is 3. The second-order valence-corrected chi connectivity index (χ2v) is 8.06. The van der Waals surface area contributed by atoms with E-state index in [4.69, 9.17) is 5.73 Å². The highest BCUT2D eigenvalue weighted by Crippen LogP contribution is 2.29. The molecule has 30 heavy (non-hydrogen) atoms. The summed E-state index contributed by atoms with van der Waals surface area (Å²) in [4.78, 5) is 16.7. The lowest BCUT2D eigenvalue weighted by atomic mass is 10.1. The Morgan fingerprint density at radius 1 is 1.40 bits per heavy atom. The number of imidazole rings is 1. The predicted molar refractivity (Wildman–Crippen MR) is 118 cm³/mol. The molecule has 1 atom stereocenters. The van der Waals surface area contributed by atoms with Crippen LogP contribution < -0.4 is 16.4 Å². The van der Waals surface area contributed by atoms with Crippen LogP contribution in [0.1, 0.15) is 23.2 Å². The normalized spacial score (nSPS) is 16.6. The second-order valence-electron chi connectivity index (χ2n) is 7.20. The third-order valence-electron chi connectivity index (χ3n) is 5.09. The predicted octanol–water partition coefficient (Wildman–Crippen LogP) is 3.88. The molecule has 4 rings (SSSR count). The number of halogens is 2. The highest BCUT2D eigenvalue weighted by molar-refractivity contribution is 9.10. The number of aryl methyl sites for hydroxylation is 1. The molecule has 2 aromatic carbocycles. The van der Waals surface area contributed by atoms with Crippen LogP contribution in [0.4, 0.5) is 10.1 Å². The second kappa shape index (κ2) is 8.31. The summed E-state index contributed by atoms with van der Waals surface area (Å²) in [5, 5.41) is 6.02. The molecule has 4 N–H and O–H groups in total. The van der Waals surface area contributed by atoms with Crippen LogP contribution >= 0.6 is 15.9 Å². The summed E-state index contributed by atoms with van der Waals surface area (Å²) >= 11 is 3.54. The van der Waals surface area contributed by atoms with Gasteiger partial charge in [-0.05, 0) is 49.6 Å². The first-order valence-corrected chi connectivity index (χ1v) is 10.3. The van der Waals surface area contributed by atoms with Crippen LogP contribution in [0.3, 0.4) is 0 Å². The number of aromatic nitrogens is 2. The molecule has 0 aliphatic carbocycles. The Morgan fingerprint density at radius 2 is 2.23 bits per heavy atom. The SMILES string of the molecule is Cc1cn(-c2ccc(/C(N)=C/NC3CCc4c(Br)cccc4NC3=O)cc2F)cn1. The van der Waals surface area contributed by atoms with Crippen LogP contribution in [-0.4, -0.2) is 21.5 Å². The number of rotatable bonds is 4. The number of nitrogens with zero attached hydrogens (tertiary/aromatic N) is 2. The largest absolute Gasteiger partial charge is 0.397 e. The number of nitrogens with two attached hydrogens (primary N) is 1. The molecule has 0 fully saturated rings. The van der Waals surface area contributed by atoms with Gasteiger partial charge >= 0.3 is 0 Å². The Labute approximate surface area is 182 Å². The fourth-order valence-corrected chi connectivity index (χ4v) is 4.02. The van der Waals surface area contributed by atoms with Crippen molar-refractivity contribution in [3.8, 4) is 5.69 Å². The Hall–Kier alpha value is -3.13. The van der Waals surface area contributed by atoms with E-state index >= 15 is 0 Å². The van der Waals surface area contributed by atoms with Crippen LogP contribution in [0, 0.1) is 12.7 Å². The summed E-state index contributed by atoms with van der Waals surface area (Å²) < 4.78 is 17.2. The van der Waals surface area contributed by atoms with E-state index in [0.29, 0.717) is 23.4 Å². The average molecular weight is 470 g/mol. The molecule has 2 heterocycles. The molecule has 0 saturated carbocycles. The van der Waals surface area contributed by atoms with Gasteiger partial charge in [-0.3, -0.25) is 4.79 Å². The fourth-order valence-electron chi connectivity index (χ4n) is 3.45. The van der Waals surface area contributed by atoms with Gasteiger partial charge in [-0.15, -0.1) is 0 Å². The molecule has 1 unspecified atom stereocenters. The lowest BCUT2D eigenvalue weighted by molar-refractivity contribution is -0.117. The van der Waals surface area contributed by atoms with E-state index in [0.717, 1.165) is 27.8 Å². The Balaban J connectivity index is 1.48. The average Bonchev–Trinajstić information content (AvgIpc) is 3.07. The highest BCUT2D eigenvalue weighted by Gasteiger charge is 2.23. The smallest absolute Gasteiger partial charge is 0.246 e. The van der Waals surface area contributed by atoms with Crippen molar-refractivity contribution in [1.29, 1.82) is 0 Å². The van der Waals surface area contributed by atoms with Crippen molar-refractivity contribution < 1.29 is 9.18 Å². The Morgan fingerprint density at radius 3 is 2.97 bits per heavy atom. The molecule has 154 valence electrons. The number of benzene rings is 2. The van der Waals surface area contributed by atoms with Crippen molar-refractivity contribution in [3.63, 3.8) is 0 Å². The topological polar surface area (TPSA) is 85.0 Å². The molecule has 0 bridgehead atoms. The number of fused-ring (bicyclic) bond motifs is 1. The van der Waals surface area contributed by atoms with Gasteiger partial charge in [0.1, 0.15) is 11.9 Å². The summed E-state index contributed by atoms with van der Waals surface area (Å²) in [6, 6.07) is 10.0. The minimum Gasteiger partial charge on any atom is -0.397 e. The summed E-state index contributed by atoms with van der Waals surface area (Å²) in [5.74, 6) is -0.540. The van der Waals surface area contributed by atoms with Crippen molar-refractivity contribution in [2.24, 2.45) is 5.73 Å². The van der Waals surface area contributed by atoms with Gasteiger partial charge in [-0.2, -0.15) is 0 Å². The first-order valence-electron chi connectivity index (χ1n) is 9.53. The number of amides is 1. The quantitative estimate of drug-likeness (QED) is 0.541. The van der Waals surface area contributed by atoms with Crippen LogP contribution in [0.15, 0.2) is 59.6 Å². The molecule has 1 amide bonds. The van der Waals surface area contributed by atoms with Crippen LogP contribution in [0.5, 0.6) is 0 Å². The van der Waals surface area contributed by atoms with E-state index in [1.165, 1.54) is 6.07 Å². The molecule has 1 aromatic heterocycles. The van der Waals surface area contributed by atoms with E-state index in [9.17, 15) is 9.18 Å². The van der Waals surface area contributed by atoms with E-state index in [1.807, 2.05) is 25.1 Å². The fraction of sp³-hybridized carbons (Fsp3) is 0.182. The first-order chi connectivity index (χ1) is 14.4. The number of carbonyl (C=O) groups is 1. The molecule has 8 heteroatoms. The van der Waals surface area contributed by atoms with Crippen molar-refractivity contribution in [2.45, 2.75) is 25.8 Å². The van der Waals surface area contributed by atoms with E-state index < -0.39 is 11.9 Å². The lowest BCUT2D eigenvalue weighted by Gasteiger charge is -2.14. The lowest BCUT2D eigenvalue weighted by Crippen LogP contribution is -2.37. The van der Waals surface area contributed by atoms with Gasteiger partial charge < -0.3 is 20.9 Å². The minimum absolute atomic E-state index is 0.132. The molecular formula is C22H21BrFN5O. The number of carbonyl (C=O) groups excluding carboxylic acids is 1. The van der Waals surface area contributed by atoms with E-state index in [2.05, 4.69) is 31.5 Å². The van der Waals surface area contributed by atoms with Crippen molar-refractivity contribution >= 4 is 33.2 Å². The summed E-state index contributed by atoms with van der Waals surface area (Å²) in [5.41, 5.74) is 10.1. The van der Waals surface area contributed by atoms with Gasteiger partial charge in [0.25, 0.3) is 0 Å². The van der Waals surface area contributed by atoms with Gasteiger partial charge in [-0.1, -0.05) is 28.1 Å². The Kier molecular flexibility index (Phi) is 5.59. The molecule has 0 radical (unpaired) electrons. The zero-order valence-corrected chi connectivity index (χ0v) is 17.9. The standard InChI is InChI=1S/C22H21BrFN5O/c1-13-11-29(12-27-13)21-8-5-14(9-17(21)24)18(25)10-26-20-7-6-15-16(23)3-2-4-19(15)28-22(20)30/h2-5,8-12,20,26H,6-7,25H2,1H3,(H,28,30)/b18-10-. The van der Waals surface area contributed by atoms with Crippen LogP contribution in [0.25, 0.3) is 11.4 Å². The number of anilines is 1. The van der Waals surface area contributed by atoms with Gasteiger partial charge in [0.2, 0.25) is 5.91 Å². The summed E-state index contributed by atoms with van der Waals surface area (Å²) in [6.07, 6.45) is 6.22. The van der Waals surface area contributed by atoms with Crippen molar-refractivity contribution in [2.75, 3.05) is 5.32 Å². The highest BCUT2D eigenvalue weighted by atomic mass is 79.9. The maximum absolute atomic E-state index is 14.6.